The van der Waals surface area contributed by atoms with Crippen LogP contribution in [-0.4, -0.2) is 26.0 Å². The minimum atomic E-state index is -1.85. The Bertz CT molecular complexity index is 847. The number of nitrogens with one attached hydrogen (secondary N) is 1. The number of fused-ring (bicyclic) bond motifs is 1. The van der Waals surface area contributed by atoms with E-state index < -0.39 is 8.07 Å². The number of H-pyrrole nitrogens is 1. The Balaban J connectivity index is 1.61. The fourth-order valence-corrected chi connectivity index (χ4v) is 6.56. The van der Waals surface area contributed by atoms with Gasteiger partial charge in [-0.1, -0.05) is 55.6 Å². The molecule has 1 N–H and O–H groups in total. The van der Waals surface area contributed by atoms with Crippen LogP contribution in [0.3, 0.4) is 0 Å². The monoisotopic (exact) mass is 365 g/mol. The molecule has 1 aliphatic heterocycles. The van der Waals surface area contributed by atoms with Crippen molar-refractivity contribution in [2.24, 2.45) is 0 Å². The minimum Gasteiger partial charge on any atom is -0.362 e. The zero-order valence-corrected chi connectivity index (χ0v) is 16.6. The number of aromatic nitrogens is 1. The summed E-state index contributed by atoms with van der Waals surface area (Å²) in [4.78, 5) is 3.66. The Morgan fingerprint density at radius 2 is 1.88 bits per heavy atom. The molecule has 2 heterocycles. The highest BCUT2D eigenvalue weighted by Crippen LogP contribution is 2.18. The summed E-state index contributed by atoms with van der Waals surface area (Å²) in [5, 5.41) is 4.08. The third-order valence-corrected chi connectivity index (χ3v) is 8.91. The van der Waals surface area contributed by atoms with Crippen molar-refractivity contribution in [2.75, 3.05) is 6.61 Å². The van der Waals surface area contributed by atoms with Crippen LogP contribution in [0.2, 0.25) is 13.1 Å². The Labute approximate surface area is 156 Å². The first-order chi connectivity index (χ1) is 12.6. The molecule has 3 nitrogen and oxygen atoms in total. The lowest BCUT2D eigenvalue weighted by Gasteiger charge is -2.27. The Morgan fingerprint density at radius 3 is 2.69 bits per heavy atom. The summed E-state index contributed by atoms with van der Waals surface area (Å²) in [5.41, 5.74) is 2.50. The van der Waals surface area contributed by atoms with Gasteiger partial charge in [0.15, 0.2) is 6.29 Å². The number of aromatic amines is 1. The molecule has 1 atom stereocenters. The van der Waals surface area contributed by atoms with Gasteiger partial charge in [-0.05, 0) is 47.5 Å². The van der Waals surface area contributed by atoms with Gasteiger partial charge < -0.3 is 14.5 Å². The maximum Gasteiger partial charge on any atom is 0.158 e. The molecule has 1 fully saturated rings. The van der Waals surface area contributed by atoms with Crippen molar-refractivity contribution >= 4 is 29.5 Å². The summed E-state index contributed by atoms with van der Waals surface area (Å²) in [5.74, 6) is 0. The molecule has 1 aromatic heterocycles. The van der Waals surface area contributed by atoms with Crippen LogP contribution in [0.25, 0.3) is 10.9 Å². The van der Waals surface area contributed by atoms with Gasteiger partial charge in [0, 0.05) is 17.4 Å². The third-order valence-electron chi connectivity index (χ3n) is 5.46. The van der Waals surface area contributed by atoms with E-state index in [1.54, 1.807) is 0 Å². The lowest BCUT2D eigenvalue weighted by atomic mass is 10.2. The Hall–Kier alpha value is -1.88. The highest BCUT2D eigenvalue weighted by atomic mass is 28.3. The Kier molecular flexibility index (Phi) is 4.98. The molecule has 1 aliphatic rings. The quantitative estimate of drug-likeness (QED) is 0.693. The van der Waals surface area contributed by atoms with Crippen molar-refractivity contribution < 1.29 is 9.47 Å². The van der Waals surface area contributed by atoms with Gasteiger partial charge in [0.25, 0.3) is 0 Å². The highest BCUT2D eigenvalue weighted by Gasteiger charge is 2.30. The fourth-order valence-electron chi connectivity index (χ4n) is 3.84. The van der Waals surface area contributed by atoms with Crippen molar-refractivity contribution in [3.05, 3.63) is 60.2 Å². The predicted octanol–water partition coefficient (Wildman–Crippen LogP) is 4.03. The molecule has 4 rings (SSSR count). The van der Waals surface area contributed by atoms with Crippen molar-refractivity contribution in [1.29, 1.82) is 0 Å². The van der Waals surface area contributed by atoms with Gasteiger partial charge in [0.2, 0.25) is 0 Å². The second kappa shape index (κ2) is 7.39. The molecule has 0 radical (unpaired) electrons. The molecule has 4 heteroatoms. The van der Waals surface area contributed by atoms with E-state index in [1.165, 1.54) is 33.4 Å². The molecule has 1 saturated heterocycles. The summed E-state index contributed by atoms with van der Waals surface area (Å²) in [6.07, 6.45) is 3.30. The Morgan fingerprint density at radius 1 is 1.08 bits per heavy atom. The standard InChI is InChI=1S/C22H27NO2Si/c1-26(2,21-15-17-9-3-5-11-19(17)23-21)20-12-6-4-10-18(20)16-25-22-13-7-8-14-24-22/h3-6,9-12,15,22-23H,7-8,13-14,16H2,1-2H3. The molecule has 0 amide bonds. The molecule has 0 aliphatic carbocycles. The number of rotatable bonds is 5. The minimum absolute atomic E-state index is 0.0466. The predicted molar refractivity (Wildman–Crippen MR) is 110 cm³/mol. The smallest absolute Gasteiger partial charge is 0.158 e. The molecule has 0 spiro atoms. The van der Waals surface area contributed by atoms with Gasteiger partial charge in [0.05, 0.1) is 6.61 Å². The van der Waals surface area contributed by atoms with Crippen molar-refractivity contribution in [2.45, 2.75) is 45.3 Å². The van der Waals surface area contributed by atoms with E-state index >= 15 is 0 Å². The highest BCUT2D eigenvalue weighted by molar-refractivity contribution is 7.00. The molecular formula is C22H27NO2Si. The van der Waals surface area contributed by atoms with Crippen LogP contribution < -0.4 is 10.5 Å². The average Bonchev–Trinajstić information content (AvgIpc) is 3.12. The first kappa shape index (κ1) is 17.5. The number of ether oxygens (including phenoxy) is 2. The van der Waals surface area contributed by atoms with Crippen LogP contribution in [0, 0.1) is 0 Å². The zero-order chi connectivity index (χ0) is 18.0. The largest absolute Gasteiger partial charge is 0.362 e. The molecule has 3 aromatic rings. The molecule has 136 valence electrons. The molecule has 2 aromatic carbocycles. The van der Waals surface area contributed by atoms with Crippen LogP contribution in [0.15, 0.2) is 54.6 Å². The molecule has 0 saturated carbocycles. The zero-order valence-electron chi connectivity index (χ0n) is 15.6. The second-order valence-electron chi connectivity index (χ2n) is 7.66. The lowest BCUT2D eigenvalue weighted by molar-refractivity contribution is -0.168. The SMILES string of the molecule is C[Si](C)(c1cc2ccccc2[nH]1)c1ccccc1COC1CCCCO1. The normalized spacial score (nSPS) is 18.3. The van der Waals surface area contributed by atoms with E-state index in [2.05, 4.69) is 72.7 Å². The van der Waals surface area contributed by atoms with Crippen LogP contribution >= 0.6 is 0 Å². The van der Waals surface area contributed by atoms with Gasteiger partial charge in [-0.2, -0.15) is 0 Å². The van der Waals surface area contributed by atoms with Crippen LogP contribution in [0.1, 0.15) is 24.8 Å². The van der Waals surface area contributed by atoms with Crippen molar-refractivity contribution in [3.8, 4) is 0 Å². The van der Waals surface area contributed by atoms with Crippen molar-refractivity contribution in [1.82, 2.24) is 4.98 Å². The van der Waals surface area contributed by atoms with Gasteiger partial charge >= 0.3 is 0 Å². The van der Waals surface area contributed by atoms with E-state index in [1.807, 2.05) is 0 Å². The average molecular weight is 366 g/mol. The first-order valence-corrected chi connectivity index (χ1v) is 12.5. The van der Waals surface area contributed by atoms with E-state index in [-0.39, 0.29) is 6.29 Å². The third kappa shape index (κ3) is 3.50. The number of benzene rings is 2. The van der Waals surface area contributed by atoms with E-state index in [9.17, 15) is 0 Å². The second-order valence-corrected chi connectivity index (χ2v) is 12.0. The molecule has 26 heavy (non-hydrogen) atoms. The summed E-state index contributed by atoms with van der Waals surface area (Å²) in [6.45, 7) is 6.26. The summed E-state index contributed by atoms with van der Waals surface area (Å²) in [7, 11) is -1.85. The summed E-state index contributed by atoms with van der Waals surface area (Å²) < 4.78 is 11.8. The summed E-state index contributed by atoms with van der Waals surface area (Å²) in [6, 6.07) is 19.6. The maximum absolute atomic E-state index is 6.09. The molecule has 0 bridgehead atoms. The van der Waals surface area contributed by atoms with Crippen LogP contribution in [0.5, 0.6) is 0 Å². The van der Waals surface area contributed by atoms with Gasteiger partial charge in [-0.25, -0.2) is 0 Å². The lowest BCUT2D eigenvalue weighted by Crippen LogP contribution is -2.55. The summed E-state index contributed by atoms with van der Waals surface area (Å²) >= 11 is 0. The van der Waals surface area contributed by atoms with Crippen molar-refractivity contribution in [3.63, 3.8) is 0 Å². The van der Waals surface area contributed by atoms with Crippen LogP contribution in [0.4, 0.5) is 0 Å². The number of hydrogen-bond donors (Lipinski definition) is 1. The van der Waals surface area contributed by atoms with Gasteiger partial charge in [-0.3, -0.25) is 0 Å². The fraction of sp³-hybridized carbons (Fsp3) is 0.364. The number of para-hydroxylation sites is 1. The first-order valence-electron chi connectivity index (χ1n) is 9.54. The van der Waals surface area contributed by atoms with Gasteiger partial charge in [0.1, 0.15) is 8.07 Å². The van der Waals surface area contributed by atoms with E-state index in [0.29, 0.717) is 6.61 Å². The van der Waals surface area contributed by atoms with Gasteiger partial charge in [-0.15, -0.1) is 0 Å². The van der Waals surface area contributed by atoms with Crippen LogP contribution in [-0.2, 0) is 16.1 Å². The molecule has 1 unspecified atom stereocenters. The molecular weight excluding hydrogens is 338 g/mol. The number of hydrogen-bond acceptors (Lipinski definition) is 2. The topological polar surface area (TPSA) is 34.2 Å². The maximum atomic E-state index is 6.09. The van der Waals surface area contributed by atoms with E-state index in [0.717, 1.165) is 19.4 Å². The van der Waals surface area contributed by atoms with E-state index in [4.69, 9.17) is 9.47 Å².